The first-order valence-electron chi connectivity index (χ1n) is 14.1. The monoisotopic (exact) mass is 630 g/mol. The first kappa shape index (κ1) is 30.7. The van der Waals surface area contributed by atoms with E-state index in [1.54, 1.807) is 30.9 Å². The molecule has 3 atom stereocenters. The molecule has 6 rings (SSSR count). The number of hydrogen-bond acceptors (Lipinski definition) is 12. The van der Waals surface area contributed by atoms with Crippen molar-refractivity contribution in [1.29, 1.82) is 0 Å². The molecule has 3 aromatic heterocycles. The Morgan fingerprint density at radius 2 is 1.83 bits per heavy atom. The molecule has 14 heteroatoms. The summed E-state index contributed by atoms with van der Waals surface area (Å²) in [4.78, 5) is 40.2. The van der Waals surface area contributed by atoms with Crippen LogP contribution < -0.4 is 26.6 Å². The molecule has 0 unspecified atom stereocenters. The van der Waals surface area contributed by atoms with Crippen molar-refractivity contribution < 1.29 is 4.79 Å². The van der Waals surface area contributed by atoms with Crippen LogP contribution in [0.4, 0.5) is 23.4 Å². The molecule has 3 aromatic rings. The minimum Gasteiger partial charge on any atom is -0.355 e. The van der Waals surface area contributed by atoms with Crippen LogP contribution in [0.25, 0.3) is 0 Å². The molecule has 11 nitrogen and oxygen atoms in total. The quantitative estimate of drug-likeness (QED) is 0.359. The molecule has 5 N–H and O–H groups in total. The number of piperidine rings is 2. The second kappa shape index (κ2) is 12.8. The highest BCUT2D eigenvalue weighted by Gasteiger charge is 2.50. The lowest BCUT2D eigenvalue weighted by atomic mass is 9.73. The molecule has 3 fully saturated rings. The van der Waals surface area contributed by atoms with Crippen LogP contribution in [0.5, 0.6) is 0 Å². The van der Waals surface area contributed by atoms with Crippen LogP contribution in [0, 0.1) is 11.3 Å². The number of anilines is 4. The zero-order valence-electron chi connectivity index (χ0n) is 23.4. The van der Waals surface area contributed by atoms with Crippen molar-refractivity contribution in [3.63, 3.8) is 0 Å². The predicted molar refractivity (Wildman–Crippen MR) is 168 cm³/mol. The standard InChI is InChI=1S/C28H35ClN10OS.ClH/c1-17-19(40)13-28(25(17)31)6-11-38(12-7-28)22-14-35-23(15-34-22)41-20-4-8-32-26(24(20)29)36-21-5-9-33-27(37-21)39-10-2-3-18(30)16-39;/h4-5,8-9,14-15,17-18,25H,2-3,6-7,10-13,16,30-31H2,1H3,(H,32,33,36,37);1H/t17-,18+,25+;/m1./s1. The van der Waals surface area contributed by atoms with E-state index in [1.807, 2.05) is 13.0 Å². The largest absolute Gasteiger partial charge is 0.355 e. The van der Waals surface area contributed by atoms with E-state index in [0.717, 1.165) is 67.6 Å². The lowest BCUT2D eigenvalue weighted by Crippen LogP contribution is -2.48. The lowest BCUT2D eigenvalue weighted by Gasteiger charge is -2.42. The molecule has 0 amide bonds. The van der Waals surface area contributed by atoms with Crippen LogP contribution in [0.3, 0.4) is 0 Å². The SMILES string of the molecule is C[C@@H]1C(=O)CC2(CCN(c3cnc(Sc4ccnc(Nc5ccnc(N6CCC[C@H](N)C6)n5)c4Cl)cn3)CC2)[C@H]1N.Cl. The molecule has 0 radical (unpaired) electrons. The molecule has 3 aliphatic rings. The Balaban J connectivity index is 0.00000353. The average Bonchev–Trinajstić information content (AvgIpc) is 3.19. The molecule has 2 saturated heterocycles. The number of nitrogens with one attached hydrogen (secondary N) is 1. The number of pyridine rings is 1. The number of rotatable bonds is 6. The van der Waals surface area contributed by atoms with E-state index < -0.39 is 0 Å². The van der Waals surface area contributed by atoms with Crippen molar-refractivity contribution in [2.45, 2.75) is 61.0 Å². The summed E-state index contributed by atoms with van der Waals surface area (Å²) in [6.45, 7) is 5.21. The minimum atomic E-state index is -0.0749. The molecule has 2 aliphatic heterocycles. The van der Waals surface area contributed by atoms with Crippen molar-refractivity contribution in [2.75, 3.05) is 41.3 Å². The van der Waals surface area contributed by atoms with Crippen molar-refractivity contribution >= 4 is 65.0 Å². The zero-order valence-corrected chi connectivity index (χ0v) is 25.8. The van der Waals surface area contributed by atoms with E-state index >= 15 is 0 Å². The summed E-state index contributed by atoms with van der Waals surface area (Å²) in [5.74, 6) is 2.82. The number of Topliss-reactive ketones (excluding diaryl/α,β-unsaturated/α-hetero) is 1. The van der Waals surface area contributed by atoms with Crippen molar-refractivity contribution in [1.82, 2.24) is 24.9 Å². The molecular weight excluding hydrogens is 595 g/mol. The van der Waals surface area contributed by atoms with Crippen molar-refractivity contribution in [3.05, 3.63) is 41.9 Å². The van der Waals surface area contributed by atoms with Gasteiger partial charge in [-0.1, -0.05) is 30.3 Å². The fraction of sp³-hybridized carbons (Fsp3) is 0.500. The van der Waals surface area contributed by atoms with Gasteiger partial charge in [-0.05, 0) is 43.2 Å². The van der Waals surface area contributed by atoms with Gasteiger partial charge in [0, 0.05) is 67.9 Å². The fourth-order valence-corrected chi connectivity index (χ4v) is 7.19. The van der Waals surface area contributed by atoms with E-state index in [4.69, 9.17) is 23.1 Å². The van der Waals surface area contributed by atoms with Gasteiger partial charge in [0.2, 0.25) is 5.95 Å². The number of hydrogen-bond donors (Lipinski definition) is 3. The molecule has 224 valence electrons. The molecule has 5 heterocycles. The van der Waals surface area contributed by atoms with E-state index in [-0.39, 0.29) is 35.8 Å². The number of nitrogens with two attached hydrogens (primary N) is 2. The second-order valence-electron chi connectivity index (χ2n) is 11.3. The van der Waals surface area contributed by atoms with Gasteiger partial charge in [-0.3, -0.25) is 4.79 Å². The first-order valence-corrected chi connectivity index (χ1v) is 15.3. The highest BCUT2D eigenvalue weighted by molar-refractivity contribution is 7.99. The highest BCUT2D eigenvalue weighted by Crippen LogP contribution is 2.46. The summed E-state index contributed by atoms with van der Waals surface area (Å²) in [6, 6.07) is 3.71. The summed E-state index contributed by atoms with van der Waals surface area (Å²) in [6.07, 6.45) is 11.4. The average molecular weight is 632 g/mol. The van der Waals surface area contributed by atoms with Crippen molar-refractivity contribution in [3.8, 4) is 0 Å². The van der Waals surface area contributed by atoms with Crippen LogP contribution in [0.1, 0.15) is 39.0 Å². The number of carbonyl (C=O) groups is 1. The van der Waals surface area contributed by atoms with Gasteiger partial charge in [-0.2, -0.15) is 4.98 Å². The van der Waals surface area contributed by atoms with Gasteiger partial charge in [0.05, 0.1) is 17.4 Å². The summed E-state index contributed by atoms with van der Waals surface area (Å²) in [7, 11) is 0. The minimum absolute atomic E-state index is 0. The molecule has 0 bridgehead atoms. The predicted octanol–water partition coefficient (Wildman–Crippen LogP) is 4.08. The van der Waals surface area contributed by atoms with Crippen LogP contribution >= 0.6 is 35.8 Å². The Morgan fingerprint density at radius 1 is 1.05 bits per heavy atom. The van der Waals surface area contributed by atoms with Gasteiger partial charge in [0.1, 0.15) is 22.4 Å². The van der Waals surface area contributed by atoms with E-state index in [0.29, 0.717) is 34.8 Å². The molecule has 42 heavy (non-hydrogen) atoms. The van der Waals surface area contributed by atoms with Gasteiger partial charge in [0.15, 0.2) is 5.82 Å². The zero-order chi connectivity index (χ0) is 28.6. The van der Waals surface area contributed by atoms with E-state index in [9.17, 15) is 4.79 Å². The van der Waals surface area contributed by atoms with E-state index in [1.165, 1.54) is 11.8 Å². The molecule has 1 saturated carbocycles. The summed E-state index contributed by atoms with van der Waals surface area (Å²) in [5.41, 5.74) is 12.5. The topological polar surface area (TPSA) is 152 Å². The van der Waals surface area contributed by atoms with Crippen LogP contribution in [-0.4, -0.2) is 69.0 Å². The Kier molecular flexibility index (Phi) is 9.38. The Bertz CT molecular complexity index is 1410. The summed E-state index contributed by atoms with van der Waals surface area (Å²) < 4.78 is 0. The third-order valence-corrected chi connectivity index (χ3v) is 10.2. The number of ketones is 1. The number of aromatic nitrogens is 5. The maximum absolute atomic E-state index is 12.3. The van der Waals surface area contributed by atoms with Gasteiger partial charge < -0.3 is 26.6 Å². The van der Waals surface area contributed by atoms with Crippen molar-refractivity contribution in [2.24, 2.45) is 22.8 Å². The molecule has 1 aliphatic carbocycles. The van der Waals surface area contributed by atoms with Gasteiger partial charge >= 0.3 is 0 Å². The third kappa shape index (κ3) is 6.28. The summed E-state index contributed by atoms with van der Waals surface area (Å²) >= 11 is 8.18. The normalized spacial score (nSPS) is 23.6. The maximum Gasteiger partial charge on any atom is 0.227 e. The van der Waals surface area contributed by atoms with Gasteiger partial charge in [0.25, 0.3) is 0 Å². The van der Waals surface area contributed by atoms with E-state index in [2.05, 4.69) is 40.0 Å². The number of nitrogens with zero attached hydrogens (tertiary/aromatic N) is 7. The third-order valence-electron chi connectivity index (χ3n) is 8.68. The fourth-order valence-electron chi connectivity index (χ4n) is 6.16. The van der Waals surface area contributed by atoms with Crippen LogP contribution in [-0.2, 0) is 4.79 Å². The molecule has 1 spiro atoms. The number of carbonyl (C=O) groups excluding carboxylic acids is 1. The maximum atomic E-state index is 12.3. The molecule has 0 aromatic carbocycles. The smallest absolute Gasteiger partial charge is 0.227 e. The van der Waals surface area contributed by atoms with Gasteiger partial charge in [-0.25, -0.2) is 19.9 Å². The molecular formula is C28H36Cl2N10OS. The Morgan fingerprint density at radius 3 is 2.52 bits per heavy atom. The van der Waals surface area contributed by atoms with Crippen LogP contribution in [0.15, 0.2) is 46.8 Å². The second-order valence-corrected chi connectivity index (χ2v) is 12.7. The number of halogens is 2. The summed E-state index contributed by atoms with van der Waals surface area (Å²) in [5, 5.41) is 4.43. The lowest BCUT2D eigenvalue weighted by molar-refractivity contribution is -0.120. The Labute approximate surface area is 261 Å². The first-order chi connectivity index (χ1) is 19.8. The Hall–Kier alpha value is -2.77. The van der Waals surface area contributed by atoms with Crippen LogP contribution in [0.2, 0.25) is 5.02 Å². The highest BCUT2D eigenvalue weighted by atomic mass is 35.5. The van der Waals surface area contributed by atoms with Gasteiger partial charge in [-0.15, -0.1) is 12.4 Å².